The molecule has 31 heavy (non-hydrogen) atoms. The molecule has 2 N–H and O–H groups in total. The van der Waals surface area contributed by atoms with E-state index in [2.05, 4.69) is 5.32 Å². The van der Waals surface area contributed by atoms with Crippen LogP contribution in [0.4, 0.5) is 0 Å². The molecular weight excluding hydrogens is 461 g/mol. The molecule has 0 aromatic heterocycles. The third-order valence-corrected chi connectivity index (χ3v) is 4.98. The van der Waals surface area contributed by atoms with Gasteiger partial charge in [0.1, 0.15) is 17.6 Å². The van der Waals surface area contributed by atoms with E-state index in [1.807, 2.05) is 0 Å². The van der Waals surface area contributed by atoms with Crippen LogP contribution in [-0.2, 0) is 16.0 Å². The predicted molar refractivity (Wildman–Crippen MR) is 126 cm³/mol. The summed E-state index contributed by atoms with van der Waals surface area (Å²) in [6.07, 6.45) is 2.19. The molecule has 0 fully saturated rings. The molecule has 9 heteroatoms. The highest BCUT2D eigenvalue weighted by Gasteiger charge is 2.23. The monoisotopic (exact) mass is 485 g/mol. The van der Waals surface area contributed by atoms with E-state index in [9.17, 15) is 19.5 Å². The Morgan fingerprint density at radius 2 is 1.65 bits per heavy atom. The first-order valence-electron chi connectivity index (χ1n) is 9.46. The van der Waals surface area contributed by atoms with Gasteiger partial charge in [0.15, 0.2) is 0 Å². The molecule has 0 spiro atoms. The number of ether oxygens (including phenoxy) is 1. The highest BCUT2D eigenvalue weighted by atomic mass is 35.5. The smallest absolute Gasteiger partial charge is 0.326 e. The SMILES string of the molecule is CC(=O)CCCCOc1ccc(C[C@H](NC(=O)c2c(Cl)cccc2Cl)C(=O)O)cc1.S. The zero-order chi connectivity index (χ0) is 22.1. The number of carboxylic acid groups (broad SMARTS) is 1. The van der Waals surface area contributed by atoms with E-state index in [0.29, 0.717) is 18.8 Å². The molecule has 6 nitrogen and oxygen atoms in total. The Morgan fingerprint density at radius 1 is 1.03 bits per heavy atom. The Kier molecular flexibility index (Phi) is 11.5. The second kappa shape index (κ2) is 13.2. The van der Waals surface area contributed by atoms with Crippen LogP contribution in [0.5, 0.6) is 5.75 Å². The largest absolute Gasteiger partial charge is 0.494 e. The number of ketones is 1. The van der Waals surface area contributed by atoms with E-state index in [1.54, 1.807) is 37.3 Å². The molecule has 0 radical (unpaired) electrons. The maximum Gasteiger partial charge on any atom is 0.326 e. The number of Topliss-reactive ketones (excluding diaryl/α,β-unsaturated/α-hetero) is 1. The summed E-state index contributed by atoms with van der Waals surface area (Å²) in [5, 5.41) is 12.3. The fourth-order valence-electron chi connectivity index (χ4n) is 2.77. The number of carboxylic acids is 1. The lowest BCUT2D eigenvalue weighted by atomic mass is 10.1. The van der Waals surface area contributed by atoms with Gasteiger partial charge in [0, 0.05) is 12.8 Å². The lowest BCUT2D eigenvalue weighted by Crippen LogP contribution is -2.42. The van der Waals surface area contributed by atoms with Gasteiger partial charge in [-0.05, 0) is 49.6 Å². The molecule has 168 valence electrons. The number of aliphatic carboxylic acids is 1. The van der Waals surface area contributed by atoms with Crippen LogP contribution in [0, 0.1) is 0 Å². The predicted octanol–water partition coefficient (Wildman–Crippen LogP) is 4.67. The minimum Gasteiger partial charge on any atom is -0.494 e. The molecule has 1 atom stereocenters. The number of carbonyl (C=O) groups excluding carboxylic acids is 2. The van der Waals surface area contributed by atoms with Crippen molar-refractivity contribution in [2.24, 2.45) is 0 Å². The van der Waals surface area contributed by atoms with Crippen LogP contribution in [0.15, 0.2) is 42.5 Å². The van der Waals surface area contributed by atoms with Crippen LogP contribution in [0.25, 0.3) is 0 Å². The molecule has 0 aliphatic rings. The molecule has 1 amide bonds. The zero-order valence-corrected chi connectivity index (χ0v) is 19.5. The Labute approximate surface area is 198 Å². The van der Waals surface area contributed by atoms with Gasteiger partial charge in [-0.1, -0.05) is 41.4 Å². The van der Waals surface area contributed by atoms with Crippen molar-refractivity contribution in [2.75, 3.05) is 6.61 Å². The van der Waals surface area contributed by atoms with Crippen LogP contribution in [-0.4, -0.2) is 35.4 Å². The molecule has 2 aromatic rings. The number of unbranched alkanes of at least 4 members (excludes halogenated alkanes) is 1. The number of nitrogens with one attached hydrogen (secondary N) is 1. The third-order valence-electron chi connectivity index (χ3n) is 4.35. The van der Waals surface area contributed by atoms with Gasteiger partial charge in [0.05, 0.1) is 22.2 Å². The van der Waals surface area contributed by atoms with Gasteiger partial charge in [-0.25, -0.2) is 4.79 Å². The first-order valence-corrected chi connectivity index (χ1v) is 10.2. The van der Waals surface area contributed by atoms with Gasteiger partial charge in [0.25, 0.3) is 5.91 Å². The van der Waals surface area contributed by atoms with Crippen molar-refractivity contribution in [2.45, 2.75) is 38.6 Å². The second-order valence-electron chi connectivity index (χ2n) is 6.82. The van der Waals surface area contributed by atoms with E-state index < -0.39 is 17.9 Å². The number of halogens is 2. The number of hydrogen-bond acceptors (Lipinski definition) is 4. The van der Waals surface area contributed by atoms with E-state index >= 15 is 0 Å². The van der Waals surface area contributed by atoms with Crippen molar-refractivity contribution in [3.8, 4) is 5.75 Å². The number of benzene rings is 2. The summed E-state index contributed by atoms with van der Waals surface area (Å²) in [5.74, 6) is -1.00. The maximum absolute atomic E-state index is 12.5. The van der Waals surface area contributed by atoms with Crippen LogP contribution in [0.3, 0.4) is 0 Å². The summed E-state index contributed by atoms with van der Waals surface area (Å²) in [4.78, 5) is 35.0. The Hall–Kier alpha value is -2.22. The van der Waals surface area contributed by atoms with Crippen LogP contribution < -0.4 is 10.1 Å². The third kappa shape index (κ3) is 8.81. The molecule has 0 saturated heterocycles. The fourth-order valence-corrected chi connectivity index (χ4v) is 3.34. The number of amides is 1. The molecule has 0 bridgehead atoms. The van der Waals surface area contributed by atoms with Crippen LogP contribution in [0.1, 0.15) is 42.1 Å². The van der Waals surface area contributed by atoms with Gasteiger partial charge in [-0.2, -0.15) is 13.5 Å². The van der Waals surface area contributed by atoms with Crippen molar-refractivity contribution in [3.05, 3.63) is 63.6 Å². The van der Waals surface area contributed by atoms with Crippen LogP contribution in [0.2, 0.25) is 10.0 Å². The van der Waals surface area contributed by atoms with E-state index in [1.165, 1.54) is 12.1 Å². The first kappa shape index (κ1) is 26.8. The highest BCUT2D eigenvalue weighted by Crippen LogP contribution is 2.24. The maximum atomic E-state index is 12.5. The van der Waals surface area contributed by atoms with Crippen molar-refractivity contribution in [3.63, 3.8) is 0 Å². The summed E-state index contributed by atoms with van der Waals surface area (Å²) in [7, 11) is 0. The van der Waals surface area contributed by atoms with Gasteiger partial charge >= 0.3 is 5.97 Å². The highest BCUT2D eigenvalue weighted by molar-refractivity contribution is 7.59. The first-order chi connectivity index (χ1) is 14.3. The Bertz CT molecular complexity index is 885. The molecule has 2 aromatic carbocycles. The summed E-state index contributed by atoms with van der Waals surface area (Å²) in [6, 6.07) is 10.4. The average Bonchev–Trinajstić information content (AvgIpc) is 2.68. The lowest BCUT2D eigenvalue weighted by Gasteiger charge is -2.16. The quantitative estimate of drug-likeness (QED) is 0.451. The van der Waals surface area contributed by atoms with Crippen LogP contribution >= 0.6 is 36.7 Å². The standard InChI is InChI=1S/C22H23Cl2NO5.H2S/c1-14(26)5-2-3-12-30-16-10-8-15(9-11-16)13-19(22(28)29)25-21(27)20-17(23)6-4-7-18(20)24;/h4,6-11,19H,2-3,5,12-13H2,1H3,(H,25,27)(H,28,29);1H2/t19-;/m0./s1. The minimum absolute atomic E-state index is 0. The van der Waals surface area contributed by atoms with Gasteiger partial charge in [-0.3, -0.25) is 4.79 Å². The van der Waals surface area contributed by atoms with E-state index in [4.69, 9.17) is 27.9 Å². The number of hydrogen-bond donors (Lipinski definition) is 2. The molecule has 0 aliphatic carbocycles. The normalized spacial score (nSPS) is 11.2. The summed E-state index contributed by atoms with van der Waals surface area (Å²) in [6.45, 7) is 2.06. The lowest BCUT2D eigenvalue weighted by molar-refractivity contribution is -0.139. The summed E-state index contributed by atoms with van der Waals surface area (Å²) >= 11 is 12.0. The number of rotatable bonds is 11. The van der Waals surface area contributed by atoms with Crippen molar-refractivity contribution in [1.82, 2.24) is 5.32 Å². The van der Waals surface area contributed by atoms with Crippen molar-refractivity contribution >= 4 is 54.4 Å². The summed E-state index contributed by atoms with van der Waals surface area (Å²) in [5.41, 5.74) is 0.762. The molecule has 0 heterocycles. The zero-order valence-electron chi connectivity index (χ0n) is 17.0. The topological polar surface area (TPSA) is 92.7 Å². The Balaban J connectivity index is 0.00000480. The number of carbonyl (C=O) groups is 3. The molecule has 0 saturated carbocycles. The van der Waals surface area contributed by atoms with E-state index in [0.717, 1.165) is 18.4 Å². The molecule has 0 unspecified atom stereocenters. The Morgan fingerprint density at radius 3 is 2.19 bits per heavy atom. The fraction of sp³-hybridized carbons (Fsp3) is 0.318. The van der Waals surface area contributed by atoms with E-state index in [-0.39, 0.29) is 41.3 Å². The minimum atomic E-state index is -1.17. The summed E-state index contributed by atoms with van der Waals surface area (Å²) < 4.78 is 5.62. The van der Waals surface area contributed by atoms with Gasteiger partial charge < -0.3 is 20.0 Å². The average molecular weight is 486 g/mol. The molecule has 2 rings (SSSR count). The molecular formula is C22H25Cl2NO5S. The molecule has 0 aliphatic heterocycles. The second-order valence-corrected chi connectivity index (χ2v) is 7.63. The van der Waals surface area contributed by atoms with Crippen molar-refractivity contribution in [1.29, 1.82) is 0 Å². The van der Waals surface area contributed by atoms with Crippen molar-refractivity contribution < 1.29 is 24.2 Å². The van der Waals surface area contributed by atoms with Gasteiger partial charge in [-0.15, -0.1) is 0 Å². The van der Waals surface area contributed by atoms with Gasteiger partial charge in [0.2, 0.25) is 0 Å².